The molecule has 136 valence electrons. The standard InChI is InChI=1S/C19H27N3O3/c1-14(23)21-9-16-7-17(24)10-22(16)19(13-21)11-20(12-19)8-15-3-5-18(25-2)6-4-15/h3-6,16-17,24H,7-13H2,1-2H3. The summed E-state index contributed by atoms with van der Waals surface area (Å²) in [6, 6.07) is 8.51. The molecule has 3 aliphatic heterocycles. The lowest BCUT2D eigenvalue weighted by molar-refractivity contribution is -0.149. The van der Waals surface area contributed by atoms with E-state index in [1.807, 2.05) is 17.0 Å². The first-order chi connectivity index (χ1) is 12.0. The Kier molecular flexibility index (Phi) is 4.22. The Morgan fingerprint density at radius 1 is 1.24 bits per heavy atom. The fraction of sp³-hybridized carbons (Fsp3) is 0.632. The van der Waals surface area contributed by atoms with Crippen LogP contribution in [0.25, 0.3) is 0 Å². The van der Waals surface area contributed by atoms with Crippen molar-refractivity contribution in [1.29, 1.82) is 0 Å². The molecule has 6 nitrogen and oxygen atoms in total. The highest BCUT2D eigenvalue weighted by Crippen LogP contribution is 2.39. The van der Waals surface area contributed by atoms with E-state index < -0.39 is 0 Å². The van der Waals surface area contributed by atoms with Crippen LogP contribution in [0.15, 0.2) is 24.3 Å². The maximum Gasteiger partial charge on any atom is 0.219 e. The van der Waals surface area contributed by atoms with E-state index >= 15 is 0 Å². The van der Waals surface area contributed by atoms with Crippen LogP contribution in [-0.4, -0.2) is 83.2 Å². The van der Waals surface area contributed by atoms with Gasteiger partial charge in [0.15, 0.2) is 0 Å². The lowest BCUT2D eigenvalue weighted by Crippen LogP contribution is -2.78. The molecule has 3 fully saturated rings. The van der Waals surface area contributed by atoms with Crippen molar-refractivity contribution in [1.82, 2.24) is 14.7 Å². The first-order valence-electron chi connectivity index (χ1n) is 9.05. The fourth-order valence-corrected chi connectivity index (χ4v) is 4.82. The van der Waals surface area contributed by atoms with Gasteiger partial charge in [-0.1, -0.05) is 12.1 Å². The molecular weight excluding hydrogens is 318 g/mol. The molecular formula is C19H27N3O3. The first kappa shape index (κ1) is 16.8. The molecule has 1 aromatic rings. The summed E-state index contributed by atoms with van der Waals surface area (Å²) in [5.41, 5.74) is 1.28. The molecule has 1 aromatic carbocycles. The van der Waals surface area contributed by atoms with Crippen LogP contribution in [0.1, 0.15) is 18.9 Å². The third-order valence-electron chi connectivity index (χ3n) is 5.96. The van der Waals surface area contributed by atoms with Gasteiger partial charge < -0.3 is 14.7 Å². The number of carbonyl (C=O) groups is 1. The molecule has 3 aliphatic rings. The monoisotopic (exact) mass is 345 g/mol. The highest BCUT2D eigenvalue weighted by atomic mass is 16.5. The molecule has 0 saturated carbocycles. The lowest BCUT2D eigenvalue weighted by Gasteiger charge is -2.61. The van der Waals surface area contributed by atoms with E-state index in [1.165, 1.54) is 5.56 Å². The molecule has 0 radical (unpaired) electrons. The zero-order valence-corrected chi connectivity index (χ0v) is 15.0. The number of rotatable bonds is 3. The number of fused-ring (bicyclic) bond motifs is 2. The molecule has 2 unspecified atom stereocenters. The third kappa shape index (κ3) is 3.03. The van der Waals surface area contributed by atoms with Crippen LogP contribution in [0.5, 0.6) is 5.75 Å². The summed E-state index contributed by atoms with van der Waals surface area (Å²) in [6.07, 6.45) is 0.522. The van der Waals surface area contributed by atoms with Crippen molar-refractivity contribution in [2.75, 3.05) is 39.8 Å². The van der Waals surface area contributed by atoms with E-state index in [-0.39, 0.29) is 17.6 Å². The summed E-state index contributed by atoms with van der Waals surface area (Å²) in [4.78, 5) is 18.8. The zero-order valence-electron chi connectivity index (χ0n) is 15.0. The van der Waals surface area contributed by atoms with Crippen LogP contribution < -0.4 is 4.74 Å². The van der Waals surface area contributed by atoms with Gasteiger partial charge in [-0.25, -0.2) is 0 Å². The number of hydrogen-bond donors (Lipinski definition) is 1. The number of β-amino-alcohol motifs (C(OH)–C–C–N with tert-alkyl or cyclic N) is 1. The molecule has 0 bridgehead atoms. The van der Waals surface area contributed by atoms with Gasteiger partial charge in [-0.3, -0.25) is 14.6 Å². The second kappa shape index (κ2) is 6.27. The molecule has 25 heavy (non-hydrogen) atoms. The molecule has 3 saturated heterocycles. The van der Waals surface area contributed by atoms with E-state index in [2.05, 4.69) is 21.9 Å². The van der Waals surface area contributed by atoms with Gasteiger partial charge in [0.05, 0.1) is 18.8 Å². The molecule has 4 rings (SSSR count). The van der Waals surface area contributed by atoms with Crippen LogP contribution in [0.2, 0.25) is 0 Å². The molecule has 3 heterocycles. The van der Waals surface area contributed by atoms with Gasteiger partial charge in [0.1, 0.15) is 5.75 Å². The summed E-state index contributed by atoms with van der Waals surface area (Å²) in [5.74, 6) is 1.02. The topological polar surface area (TPSA) is 56.3 Å². The van der Waals surface area contributed by atoms with Crippen molar-refractivity contribution in [3.05, 3.63) is 29.8 Å². The molecule has 6 heteroatoms. The third-order valence-corrected chi connectivity index (χ3v) is 5.96. The van der Waals surface area contributed by atoms with E-state index in [0.29, 0.717) is 6.04 Å². The van der Waals surface area contributed by atoms with Gasteiger partial charge in [0, 0.05) is 52.2 Å². The van der Waals surface area contributed by atoms with E-state index in [9.17, 15) is 9.90 Å². The van der Waals surface area contributed by atoms with Gasteiger partial charge in [-0.2, -0.15) is 0 Å². The predicted molar refractivity (Wildman–Crippen MR) is 94.4 cm³/mol. The van der Waals surface area contributed by atoms with Gasteiger partial charge in [0.25, 0.3) is 0 Å². The number of likely N-dealkylation sites (tertiary alicyclic amines) is 1. The van der Waals surface area contributed by atoms with Crippen molar-refractivity contribution in [3.63, 3.8) is 0 Å². The smallest absolute Gasteiger partial charge is 0.219 e. The molecule has 1 amide bonds. The minimum Gasteiger partial charge on any atom is -0.497 e. The molecule has 0 aromatic heterocycles. The van der Waals surface area contributed by atoms with Crippen molar-refractivity contribution >= 4 is 5.91 Å². The fourth-order valence-electron chi connectivity index (χ4n) is 4.82. The maximum atomic E-state index is 11.9. The number of benzene rings is 1. The number of aliphatic hydroxyl groups excluding tert-OH is 1. The zero-order chi connectivity index (χ0) is 17.6. The van der Waals surface area contributed by atoms with Crippen molar-refractivity contribution in [3.8, 4) is 5.75 Å². The Morgan fingerprint density at radius 3 is 2.60 bits per heavy atom. The molecule has 0 aliphatic carbocycles. The van der Waals surface area contributed by atoms with Crippen LogP contribution >= 0.6 is 0 Å². The largest absolute Gasteiger partial charge is 0.497 e. The summed E-state index contributed by atoms with van der Waals surface area (Å²) in [5, 5.41) is 10.1. The van der Waals surface area contributed by atoms with Gasteiger partial charge in [-0.05, 0) is 24.1 Å². The number of piperazine rings is 1. The van der Waals surface area contributed by atoms with Crippen LogP contribution in [0.4, 0.5) is 0 Å². The number of amides is 1. The van der Waals surface area contributed by atoms with Crippen LogP contribution in [-0.2, 0) is 11.3 Å². The average molecular weight is 345 g/mol. The normalized spacial score (nSPS) is 28.7. The molecule has 1 spiro atoms. The number of methoxy groups -OCH3 is 1. The predicted octanol–water partition coefficient (Wildman–Crippen LogP) is 0.547. The summed E-state index contributed by atoms with van der Waals surface area (Å²) >= 11 is 0. The van der Waals surface area contributed by atoms with Crippen molar-refractivity contribution < 1.29 is 14.6 Å². The Morgan fingerprint density at radius 2 is 1.96 bits per heavy atom. The minimum absolute atomic E-state index is 0.0124. The van der Waals surface area contributed by atoms with Crippen LogP contribution in [0, 0.1) is 0 Å². The summed E-state index contributed by atoms with van der Waals surface area (Å²) < 4.78 is 5.21. The molecule has 2 atom stereocenters. The van der Waals surface area contributed by atoms with Crippen molar-refractivity contribution in [2.45, 2.75) is 37.6 Å². The van der Waals surface area contributed by atoms with E-state index in [1.54, 1.807) is 14.0 Å². The van der Waals surface area contributed by atoms with E-state index in [4.69, 9.17) is 4.74 Å². The lowest BCUT2D eigenvalue weighted by atomic mass is 9.83. The number of aliphatic hydroxyl groups is 1. The maximum absolute atomic E-state index is 11.9. The quantitative estimate of drug-likeness (QED) is 0.867. The number of nitrogens with zero attached hydrogens (tertiary/aromatic N) is 3. The van der Waals surface area contributed by atoms with Crippen molar-refractivity contribution in [2.24, 2.45) is 0 Å². The van der Waals surface area contributed by atoms with Gasteiger partial charge in [0.2, 0.25) is 5.91 Å². The highest BCUT2D eigenvalue weighted by Gasteiger charge is 2.56. The Hall–Kier alpha value is -1.63. The Balaban J connectivity index is 1.44. The SMILES string of the molecule is COc1ccc(CN2CC3(C2)CN(C(C)=O)CC2CC(O)CN23)cc1. The first-order valence-corrected chi connectivity index (χ1v) is 9.05. The Bertz CT molecular complexity index is 642. The number of hydrogen-bond acceptors (Lipinski definition) is 5. The summed E-state index contributed by atoms with van der Waals surface area (Å²) in [6.45, 7) is 6.75. The molecule has 1 N–H and O–H groups in total. The average Bonchev–Trinajstić information content (AvgIpc) is 2.94. The summed E-state index contributed by atoms with van der Waals surface area (Å²) in [7, 11) is 1.68. The second-order valence-electron chi connectivity index (χ2n) is 7.81. The minimum atomic E-state index is -0.260. The second-order valence-corrected chi connectivity index (χ2v) is 7.81. The van der Waals surface area contributed by atoms with Gasteiger partial charge >= 0.3 is 0 Å². The number of ether oxygens (including phenoxy) is 1. The van der Waals surface area contributed by atoms with Gasteiger partial charge in [-0.15, -0.1) is 0 Å². The highest BCUT2D eigenvalue weighted by molar-refractivity contribution is 5.73. The Labute approximate surface area is 149 Å². The van der Waals surface area contributed by atoms with Crippen LogP contribution in [0.3, 0.4) is 0 Å². The van der Waals surface area contributed by atoms with E-state index in [0.717, 1.165) is 51.4 Å². The number of carbonyl (C=O) groups excluding carboxylic acids is 1.